The number of methoxy groups -OCH3 is 1. The van der Waals surface area contributed by atoms with Gasteiger partial charge in [0.05, 0.1) is 5.69 Å². The number of aryl methyl sites for hydroxylation is 1. The van der Waals surface area contributed by atoms with Crippen LogP contribution in [0.5, 0.6) is 0 Å². The molecule has 1 unspecified atom stereocenters. The Labute approximate surface area is 97.9 Å². The van der Waals surface area contributed by atoms with Crippen LogP contribution in [0.1, 0.15) is 12.5 Å². The van der Waals surface area contributed by atoms with E-state index in [4.69, 9.17) is 4.74 Å². The molecular weight excluding hydrogens is 258 g/mol. The molecule has 0 saturated heterocycles. The molecule has 1 aromatic rings. The Morgan fingerprint density at radius 3 is 2.80 bits per heavy atom. The minimum Gasteiger partial charge on any atom is -0.372 e. The van der Waals surface area contributed by atoms with Crippen molar-refractivity contribution in [2.75, 3.05) is 12.4 Å². The smallest absolute Gasteiger partial charge is 0.253 e. The molecule has 3 nitrogen and oxygen atoms in total. The Morgan fingerprint density at radius 2 is 2.20 bits per heavy atom. The second-order valence-corrected chi connectivity index (χ2v) is 4.20. The molecule has 0 aromatic heterocycles. The van der Waals surface area contributed by atoms with Gasteiger partial charge in [0.15, 0.2) is 0 Å². The average Bonchev–Trinajstić information content (AvgIpc) is 2.22. The van der Waals surface area contributed by atoms with Crippen molar-refractivity contribution in [3.05, 3.63) is 28.2 Å². The van der Waals surface area contributed by atoms with Gasteiger partial charge in [-0.15, -0.1) is 0 Å². The van der Waals surface area contributed by atoms with Crippen molar-refractivity contribution in [1.82, 2.24) is 0 Å². The summed E-state index contributed by atoms with van der Waals surface area (Å²) in [5.74, 6) is -0.149. The third-order valence-corrected chi connectivity index (χ3v) is 2.79. The van der Waals surface area contributed by atoms with E-state index >= 15 is 0 Å². The van der Waals surface area contributed by atoms with Crippen LogP contribution in [0, 0.1) is 6.92 Å². The lowest BCUT2D eigenvalue weighted by molar-refractivity contribution is -0.124. The second-order valence-electron chi connectivity index (χ2n) is 3.35. The van der Waals surface area contributed by atoms with Crippen LogP contribution in [0.2, 0.25) is 0 Å². The number of benzene rings is 1. The molecule has 1 aromatic carbocycles. The highest BCUT2D eigenvalue weighted by atomic mass is 79.9. The van der Waals surface area contributed by atoms with E-state index in [0.717, 1.165) is 15.7 Å². The van der Waals surface area contributed by atoms with E-state index in [-0.39, 0.29) is 5.91 Å². The Hall–Kier alpha value is -0.870. The first-order chi connectivity index (χ1) is 7.04. The average molecular weight is 272 g/mol. The molecule has 0 saturated carbocycles. The maximum absolute atomic E-state index is 11.6. The summed E-state index contributed by atoms with van der Waals surface area (Å²) in [5, 5.41) is 2.79. The Bertz CT molecular complexity index is 366. The summed E-state index contributed by atoms with van der Waals surface area (Å²) in [6.45, 7) is 3.68. The number of ether oxygens (including phenoxy) is 1. The van der Waals surface area contributed by atoms with Crippen molar-refractivity contribution in [3.63, 3.8) is 0 Å². The summed E-state index contributed by atoms with van der Waals surface area (Å²) in [7, 11) is 1.51. The lowest BCUT2D eigenvalue weighted by Crippen LogP contribution is -2.26. The number of amides is 1. The van der Waals surface area contributed by atoms with Gasteiger partial charge in [0.2, 0.25) is 0 Å². The van der Waals surface area contributed by atoms with Gasteiger partial charge in [0.1, 0.15) is 6.10 Å². The zero-order valence-electron chi connectivity index (χ0n) is 9.00. The molecule has 0 heterocycles. The summed E-state index contributed by atoms with van der Waals surface area (Å²) in [6, 6.07) is 5.78. The molecular formula is C11H14BrNO2. The molecule has 0 aliphatic heterocycles. The van der Waals surface area contributed by atoms with Crippen LogP contribution in [0.25, 0.3) is 0 Å². The molecule has 0 aliphatic carbocycles. The number of rotatable bonds is 3. The van der Waals surface area contributed by atoms with Gasteiger partial charge in [0, 0.05) is 11.6 Å². The lowest BCUT2D eigenvalue weighted by atomic mass is 10.2. The normalized spacial score (nSPS) is 12.3. The first-order valence-corrected chi connectivity index (χ1v) is 5.43. The highest BCUT2D eigenvalue weighted by Gasteiger charge is 2.12. The van der Waals surface area contributed by atoms with Gasteiger partial charge in [0.25, 0.3) is 5.91 Å². The van der Waals surface area contributed by atoms with Gasteiger partial charge in [-0.05, 0) is 47.5 Å². The third kappa shape index (κ3) is 3.32. The SMILES string of the molecule is COC(C)C(=O)Nc1cc(C)ccc1Br. The topological polar surface area (TPSA) is 38.3 Å². The highest BCUT2D eigenvalue weighted by molar-refractivity contribution is 9.10. The number of carbonyl (C=O) groups is 1. The van der Waals surface area contributed by atoms with E-state index in [9.17, 15) is 4.79 Å². The van der Waals surface area contributed by atoms with Gasteiger partial charge < -0.3 is 10.1 Å². The van der Waals surface area contributed by atoms with Gasteiger partial charge in [-0.1, -0.05) is 6.07 Å². The largest absolute Gasteiger partial charge is 0.372 e. The van der Waals surface area contributed by atoms with Crippen LogP contribution in [-0.4, -0.2) is 19.1 Å². The fourth-order valence-corrected chi connectivity index (χ4v) is 1.42. The van der Waals surface area contributed by atoms with Gasteiger partial charge in [-0.3, -0.25) is 4.79 Å². The van der Waals surface area contributed by atoms with Crippen molar-refractivity contribution in [1.29, 1.82) is 0 Å². The van der Waals surface area contributed by atoms with Crippen molar-refractivity contribution < 1.29 is 9.53 Å². The van der Waals surface area contributed by atoms with E-state index in [2.05, 4.69) is 21.2 Å². The molecule has 0 fully saturated rings. The Balaban J connectivity index is 2.80. The van der Waals surface area contributed by atoms with E-state index in [1.807, 2.05) is 25.1 Å². The van der Waals surface area contributed by atoms with Crippen LogP contribution in [0.4, 0.5) is 5.69 Å². The maximum Gasteiger partial charge on any atom is 0.253 e. The van der Waals surface area contributed by atoms with E-state index in [0.29, 0.717) is 0 Å². The summed E-state index contributed by atoms with van der Waals surface area (Å²) in [6.07, 6.45) is -0.447. The summed E-state index contributed by atoms with van der Waals surface area (Å²) in [4.78, 5) is 11.6. The van der Waals surface area contributed by atoms with Crippen LogP contribution in [0.3, 0.4) is 0 Å². The monoisotopic (exact) mass is 271 g/mol. The molecule has 0 aliphatic rings. The quantitative estimate of drug-likeness (QED) is 0.918. The Kier molecular flexibility index (Phi) is 4.29. The third-order valence-electron chi connectivity index (χ3n) is 2.10. The Morgan fingerprint density at radius 1 is 1.53 bits per heavy atom. The van der Waals surface area contributed by atoms with Crippen molar-refractivity contribution in [2.45, 2.75) is 20.0 Å². The zero-order chi connectivity index (χ0) is 11.4. The van der Waals surface area contributed by atoms with E-state index in [1.165, 1.54) is 7.11 Å². The molecule has 82 valence electrons. The van der Waals surface area contributed by atoms with Crippen molar-refractivity contribution >= 4 is 27.5 Å². The van der Waals surface area contributed by atoms with E-state index < -0.39 is 6.10 Å². The highest BCUT2D eigenvalue weighted by Crippen LogP contribution is 2.23. The fourth-order valence-electron chi connectivity index (χ4n) is 1.08. The molecule has 0 bridgehead atoms. The molecule has 1 atom stereocenters. The summed E-state index contributed by atoms with van der Waals surface area (Å²) in [5.41, 5.74) is 1.86. The lowest BCUT2D eigenvalue weighted by Gasteiger charge is -2.12. The molecule has 15 heavy (non-hydrogen) atoms. The number of halogens is 1. The molecule has 0 spiro atoms. The van der Waals surface area contributed by atoms with Crippen molar-refractivity contribution in [3.8, 4) is 0 Å². The van der Waals surface area contributed by atoms with Crippen LogP contribution < -0.4 is 5.32 Å². The minimum absolute atomic E-state index is 0.149. The molecule has 1 amide bonds. The van der Waals surface area contributed by atoms with Crippen LogP contribution in [-0.2, 0) is 9.53 Å². The second kappa shape index (κ2) is 5.28. The number of anilines is 1. The standard InChI is InChI=1S/C11H14BrNO2/c1-7-4-5-9(12)10(6-7)13-11(14)8(2)15-3/h4-6,8H,1-3H3,(H,13,14). The van der Waals surface area contributed by atoms with Crippen molar-refractivity contribution in [2.24, 2.45) is 0 Å². The fraction of sp³-hybridized carbons (Fsp3) is 0.364. The van der Waals surface area contributed by atoms with Crippen LogP contribution >= 0.6 is 15.9 Å². The molecule has 1 rings (SSSR count). The van der Waals surface area contributed by atoms with Crippen LogP contribution in [0.15, 0.2) is 22.7 Å². The van der Waals surface area contributed by atoms with Gasteiger partial charge in [-0.2, -0.15) is 0 Å². The first-order valence-electron chi connectivity index (χ1n) is 4.64. The zero-order valence-corrected chi connectivity index (χ0v) is 10.6. The summed E-state index contributed by atoms with van der Waals surface area (Å²) < 4.78 is 5.79. The summed E-state index contributed by atoms with van der Waals surface area (Å²) >= 11 is 3.37. The first kappa shape index (κ1) is 12.2. The van der Waals surface area contributed by atoms with E-state index in [1.54, 1.807) is 6.92 Å². The van der Waals surface area contributed by atoms with Gasteiger partial charge in [-0.25, -0.2) is 0 Å². The predicted molar refractivity (Wildman–Crippen MR) is 64.0 cm³/mol. The number of carbonyl (C=O) groups excluding carboxylic acids is 1. The number of nitrogens with one attached hydrogen (secondary N) is 1. The molecule has 4 heteroatoms. The molecule has 1 N–H and O–H groups in total. The molecule has 0 radical (unpaired) electrons. The predicted octanol–water partition coefficient (Wildman–Crippen LogP) is 2.73. The maximum atomic E-state index is 11.6. The van der Waals surface area contributed by atoms with Gasteiger partial charge >= 0.3 is 0 Å². The number of hydrogen-bond acceptors (Lipinski definition) is 2. The minimum atomic E-state index is -0.447. The number of hydrogen-bond donors (Lipinski definition) is 1.